The molecule has 0 amide bonds. The molecule has 86 valence electrons. The molecule has 4 heteroatoms. The zero-order chi connectivity index (χ0) is 12.3. The normalized spacial score (nSPS) is 10.9. The first-order valence-electron chi connectivity index (χ1n) is 5.04. The van der Waals surface area contributed by atoms with Gasteiger partial charge >= 0.3 is 5.97 Å². The van der Waals surface area contributed by atoms with E-state index >= 15 is 0 Å². The van der Waals surface area contributed by atoms with Crippen LogP contribution in [-0.2, 0) is 4.79 Å². The van der Waals surface area contributed by atoms with Crippen molar-refractivity contribution in [3.63, 3.8) is 0 Å². The zero-order valence-electron chi connectivity index (χ0n) is 9.25. The van der Waals surface area contributed by atoms with Crippen LogP contribution in [0.3, 0.4) is 0 Å². The van der Waals surface area contributed by atoms with Crippen molar-refractivity contribution >= 4 is 22.8 Å². The summed E-state index contributed by atoms with van der Waals surface area (Å²) in [6.45, 7) is 0. The summed E-state index contributed by atoms with van der Waals surface area (Å²) in [4.78, 5) is 14.6. The SMILES string of the molecule is COc1ccc2ccncc2c1/C=C/C(=O)O. The molecule has 0 saturated carbocycles. The zero-order valence-corrected chi connectivity index (χ0v) is 9.25. The maximum Gasteiger partial charge on any atom is 0.328 e. The van der Waals surface area contributed by atoms with Gasteiger partial charge in [0.25, 0.3) is 0 Å². The second-order valence-corrected chi connectivity index (χ2v) is 3.45. The van der Waals surface area contributed by atoms with Gasteiger partial charge in [-0.2, -0.15) is 0 Å². The van der Waals surface area contributed by atoms with Crippen LogP contribution < -0.4 is 4.74 Å². The van der Waals surface area contributed by atoms with Crippen LogP contribution in [0, 0.1) is 0 Å². The molecule has 0 saturated heterocycles. The first-order valence-corrected chi connectivity index (χ1v) is 5.04. The Kier molecular flexibility index (Phi) is 3.05. The molecule has 17 heavy (non-hydrogen) atoms. The van der Waals surface area contributed by atoms with Crippen molar-refractivity contribution in [3.8, 4) is 5.75 Å². The molecule has 0 radical (unpaired) electrons. The molecule has 0 atom stereocenters. The number of hydrogen-bond acceptors (Lipinski definition) is 3. The lowest BCUT2D eigenvalue weighted by Gasteiger charge is -2.07. The third kappa shape index (κ3) is 2.25. The fourth-order valence-electron chi connectivity index (χ4n) is 1.67. The topological polar surface area (TPSA) is 59.4 Å². The maximum absolute atomic E-state index is 10.6. The fourth-order valence-corrected chi connectivity index (χ4v) is 1.67. The van der Waals surface area contributed by atoms with Crippen LogP contribution in [0.25, 0.3) is 16.8 Å². The number of pyridine rings is 1. The quantitative estimate of drug-likeness (QED) is 0.820. The number of aliphatic carboxylic acids is 1. The van der Waals surface area contributed by atoms with Crippen LogP contribution in [-0.4, -0.2) is 23.2 Å². The summed E-state index contributed by atoms with van der Waals surface area (Å²) in [5.41, 5.74) is 0.723. The van der Waals surface area contributed by atoms with E-state index in [2.05, 4.69) is 4.98 Å². The highest BCUT2D eigenvalue weighted by Crippen LogP contribution is 2.28. The van der Waals surface area contributed by atoms with Gasteiger partial charge in [-0.1, -0.05) is 6.07 Å². The predicted molar refractivity (Wildman–Crippen MR) is 65.0 cm³/mol. The third-order valence-electron chi connectivity index (χ3n) is 2.44. The van der Waals surface area contributed by atoms with Gasteiger partial charge in [-0.05, 0) is 23.6 Å². The minimum absolute atomic E-state index is 0.628. The van der Waals surface area contributed by atoms with Crippen molar-refractivity contribution in [2.24, 2.45) is 0 Å². The molecule has 1 heterocycles. The van der Waals surface area contributed by atoms with Crippen molar-refractivity contribution in [1.29, 1.82) is 0 Å². The largest absolute Gasteiger partial charge is 0.496 e. The summed E-state index contributed by atoms with van der Waals surface area (Å²) in [6.07, 6.45) is 5.99. The molecule has 0 aliphatic rings. The fraction of sp³-hybridized carbons (Fsp3) is 0.0769. The average molecular weight is 229 g/mol. The second kappa shape index (κ2) is 4.65. The van der Waals surface area contributed by atoms with Crippen molar-refractivity contribution in [2.75, 3.05) is 7.11 Å². The number of nitrogens with zero attached hydrogens (tertiary/aromatic N) is 1. The Morgan fingerprint density at radius 3 is 2.94 bits per heavy atom. The lowest BCUT2D eigenvalue weighted by atomic mass is 10.1. The number of aromatic nitrogens is 1. The van der Waals surface area contributed by atoms with Gasteiger partial charge in [0, 0.05) is 29.4 Å². The minimum Gasteiger partial charge on any atom is -0.496 e. The Bertz CT molecular complexity index is 590. The molecule has 0 aliphatic heterocycles. The lowest BCUT2D eigenvalue weighted by Crippen LogP contribution is -1.91. The Balaban J connectivity index is 2.67. The van der Waals surface area contributed by atoms with Gasteiger partial charge in [0.1, 0.15) is 5.75 Å². The molecule has 0 aliphatic carbocycles. The van der Waals surface area contributed by atoms with Gasteiger partial charge in [-0.3, -0.25) is 4.98 Å². The van der Waals surface area contributed by atoms with Crippen molar-refractivity contribution in [2.45, 2.75) is 0 Å². The van der Waals surface area contributed by atoms with Crippen LogP contribution in [0.1, 0.15) is 5.56 Å². The Labute approximate surface area is 98.2 Å². The van der Waals surface area contributed by atoms with E-state index in [-0.39, 0.29) is 0 Å². The van der Waals surface area contributed by atoms with E-state index in [0.717, 1.165) is 22.4 Å². The summed E-state index contributed by atoms with van der Waals surface area (Å²) in [7, 11) is 1.55. The van der Waals surface area contributed by atoms with Crippen molar-refractivity contribution < 1.29 is 14.6 Å². The summed E-state index contributed by atoms with van der Waals surface area (Å²) >= 11 is 0. The molecule has 0 unspecified atom stereocenters. The summed E-state index contributed by atoms with van der Waals surface area (Å²) in [5, 5.41) is 10.5. The highest BCUT2D eigenvalue weighted by molar-refractivity contribution is 5.95. The summed E-state index contributed by atoms with van der Waals surface area (Å²) in [6, 6.07) is 5.59. The van der Waals surface area contributed by atoms with Crippen LogP contribution in [0.15, 0.2) is 36.7 Å². The standard InChI is InChI=1S/C13H11NO3/c1-17-12-4-2-9-6-7-14-8-11(9)10(12)3-5-13(15)16/h2-8H,1H3,(H,15,16)/b5-3+. The predicted octanol–water partition coefficient (Wildman–Crippen LogP) is 2.34. The minimum atomic E-state index is -0.993. The third-order valence-corrected chi connectivity index (χ3v) is 2.44. The van der Waals surface area contributed by atoms with E-state index < -0.39 is 5.97 Å². The van der Waals surface area contributed by atoms with E-state index in [1.807, 2.05) is 18.2 Å². The van der Waals surface area contributed by atoms with Crippen molar-refractivity contribution in [3.05, 3.63) is 42.2 Å². The van der Waals surface area contributed by atoms with E-state index in [9.17, 15) is 4.79 Å². The molecular weight excluding hydrogens is 218 g/mol. The van der Waals surface area contributed by atoms with E-state index in [4.69, 9.17) is 9.84 Å². The van der Waals surface area contributed by atoms with Crippen LogP contribution >= 0.6 is 0 Å². The summed E-state index contributed by atoms with van der Waals surface area (Å²) in [5.74, 6) is -0.365. The molecular formula is C13H11NO3. The molecule has 1 aromatic carbocycles. The number of fused-ring (bicyclic) bond motifs is 1. The van der Waals surface area contributed by atoms with E-state index in [1.165, 1.54) is 6.08 Å². The number of ether oxygens (including phenoxy) is 1. The molecule has 0 spiro atoms. The van der Waals surface area contributed by atoms with Gasteiger partial charge in [-0.15, -0.1) is 0 Å². The van der Waals surface area contributed by atoms with E-state index in [1.54, 1.807) is 19.5 Å². The number of rotatable bonds is 3. The molecule has 2 rings (SSSR count). The smallest absolute Gasteiger partial charge is 0.328 e. The molecule has 1 aromatic heterocycles. The monoisotopic (exact) mass is 229 g/mol. The molecule has 2 aromatic rings. The van der Waals surface area contributed by atoms with E-state index in [0.29, 0.717) is 5.75 Å². The number of carbonyl (C=O) groups is 1. The Morgan fingerprint density at radius 2 is 2.24 bits per heavy atom. The number of carboxylic acids is 1. The average Bonchev–Trinajstić information content (AvgIpc) is 2.35. The van der Waals surface area contributed by atoms with Gasteiger partial charge in [0.15, 0.2) is 0 Å². The molecule has 1 N–H and O–H groups in total. The molecule has 0 fully saturated rings. The first-order chi connectivity index (χ1) is 8.22. The second-order valence-electron chi connectivity index (χ2n) is 3.45. The highest BCUT2D eigenvalue weighted by Gasteiger charge is 2.05. The molecule has 4 nitrogen and oxygen atoms in total. The van der Waals surface area contributed by atoms with Gasteiger partial charge in [-0.25, -0.2) is 4.79 Å². The van der Waals surface area contributed by atoms with Crippen LogP contribution in [0.4, 0.5) is 0 Å². The van der Waals surface area contributed by atoms with Crippen LogP contribution in [0.2, 0.25) is 0 Å². The maximum atomic E-state index is 10.6. The van der Waals surface area contributed by atoms with Gasteiger partial charge in [0.2, 0.25) is 0 Å². The van der Waals surface area contributed by atoms with Gasteiger partial charge in [0.05, 0.1) is 7.11 Å². The Hall–Kier alpha value is -2.36. The molecule has 0 bridgehead atoms. The first kappa shape index (κ1) is 11.1. The summed E-state index contributed by atoms with van der Waals surface area (Å²) < 4.78 is 5.21. The highest BCUT2D eigenvalue weighted by atomic mass is 16.5. The number of carboxylic acid groups (broad SMARTS) is 1. The van der Waals surface area contributed by atoms with Gasteiger partial charge < -0.3 is 9.84 Å². The Morgan fingerprint density at radius 1 is 1.41 bits per heavy atom. The van der Waals surface area contributed by atoms with Crippen molar-refractivity contribution in [1.82, 2.24) is 4.98 Å². The number of hydrogen-bond donors (Lipinski definition) is 1. The number of benzene rings is 1. The number of methoxy groups -OCH3 is 1. The van der Waals surface area contributed by atoms with Crippen LogP contribution in [0.5, 0.6) is 5.75 Å². The lowest BCUT2D eigenvalue weighted by molar-refractivity contribution is -0.131.